The number of nitrogens with zero attached hydrogens (tertiary/aromatic N) is 4. The van der Waals surface area contributed by atoms with E-state index in [1.807, 2.05) is 30.0 Å². The molecule has 7 nitrogen and oxygen atoms in total. The van der Waals surface area contributed by atoms with Crippen LogP contribution < -0.4 is 10.1 Å². The van der Waals surface area contributed by atoms with Gasteiger partial charge >= 0.3 is 0 Å². The molecule has 9 heteroatoms. The van der Waals surface area contributed by atoms with Crippen molar-refractivity contribution in [2.45, 2.75) is 32.8 Å². The van der Waals surface area contributed by atoms with Gasteiger partial charge in [-0.1, -0.05) is 0 Å². The molecule has 1 aromatic heterocycles. The second kappa shape index (κ2) is 8.71. The Morgan fingerprint density at radius 3 is 2.65 bits per heavy atom. The third-order valence-electron chi connectivity index (χ3n) is 5.16. The molecule has 2 aromatic carbocycles. The van der Waals surface area contributed by atoms with E-state index in [2.05, 4.69) is 15.4 Å². The van der Waals surface area contributed by atoms with Gasteiger partial charge in [0.25, 0.3) is 0 Å². The molecule has 31 heavy (non-hydrogen) atoms. The minimum Gasteiger partial charge on any atom is -0.490 e. The third kappa shape index (κ3) is 4.99. The van der Waals surface area contributed by atoms with Crippen molar-refractivity contribution < 1.29 is 19.7 Å². The Hall–Kier alpha value is -3.49. The van der Waals surface area contributed by atoms with E-state index in [0.717, 1.165) is 42.0 Å². The van der Waals surface area contributed by atoms with Gasteiger partial charge in [-0.15, -0.1) is 5.10 Å². The molecule has 0 atom stereocenters. The fourth-order valence-electron chi connectivity index (χ4n) is 3.57. The smallest absolute Gasteiger partial charge is 0.246 e. The van der Waals surface area contributed by atoms with Crippen molar-refractivity contribution in [1.29, 1.82) is 0 Å². The highest BCUT2D eigenvalue weighted by Crippen LogP contribution is 2.26. The molecule has 1 fully saturated rings. The van der Waals surface area contributed by atoms with Crippen LogP contribution in [0.4, 0.5) is 20.4 Å². The van der Waals surface area contributed by atoms with Crippen LogP contribution in [0.3, 0.4) is 0 Å². The molecular weight excluding hydrogens is 404 g/mol. The highest BCUT2D eigenvalue weighted by molar-refractivity contribution is 5.73. The van der Waals surface area contributed by atoms with Gasteiger partial charge in [0.15, 0.2) is 11.6 Å². The van der Waals surface area contributed by atoms with Crippen LogP contribution in [0.1, 0.15) is 26.8 Å². The van der Waals surface area contributed by atoms with Crippen molar-refractivity contribution in [1.82, 2.24) is 19.7 Å². The molecule has 1 aliphatic rings. The third-order valence-corrected chi connectivity index (χ3v) is 5.16. The van der Waals surface area contributed by atoms with Crippen LogP contribution in [-0.4, -0.2) is 44.8 Å². The number of benzene rings is 2. The summed E-state index contributed by atoms with van der Waals surface area (Å²) in [6, 6.07) is 9.28. The Bertz CT molecular complexity index is 1100. The molecule has 0 aliphatic carbocycles. The summed E-state index contributed by atoms with van der Waals surface area (Å²) >= 11 is 0. The van der Waals surface area contributed by atoms with Crippen LogP contribution in [0.2, 0.25) is 0 Å². The first-order valence-electron chi connectivity index (χ1n) is 10.1. The summed E-state index contributed by atoms with van der Waals surface area (Å²) in [6.45, 7) is 4.94. The number of aromatic nitrogens is 3. The average molecular weight is 429 g/mol. The maximum absolute atomic E-state index is 13.5. The molecule has 1 amide bonds. The van der Waals surface area contributed by atoms with Crippen molar-refractivity contribution >= 4 is 17.5 Å². The monoisotopic (exact) mass is 429 g/mol. The number of hydrogen-bond acceptors (Lipinski definition) is 5. The lowest BCUT2D eigenvalue weighted by molar-refractivity contribution is -0.130. The first kappa shape index (κ1) is 20.8. The quantitative estimate of drug-likeness (QED) is 0.657. The number of piperidine rings is 1. The van der Waals surface area contributed by atoms with Crippen LogP contribution in [0.15, 0.2) is 42.7 Å². The number of carbonyl (C=O) groups is 1. The zero-order valence-corrected chi connectivity index (χ0v) is 17.3. The van der Waals surface area contributed by atoms with Gasteiger partial charge in [-0.05, 0) is 36.8 Å². The maximum Gasteiger partial charge on any atom is 0.246 e. The summed E-state index contributed by atoms with van der Waals surface area (Å²) in [4.78, 5) is 17.5. The molecule has 0 radical (unpaired) electrons. The summed E-state index contributed by atoms with van der Waals surface area (Å²) in [5.41, 5.74) is 2.12. The number of halogens is 2. The van der Waals surface area contributed by atoms with E-state index < -0.39 is 11.6 Å². The number of ether oxygens (including phenoxy) is 1. The Morgan fingerprint density at radius 1 is 1.16 bits per heavy atom. The highest BCUT2D eigenvalue weighted by Gasteiger charge is 2.22. The Balaban J connectivity index is 0.00000289. The van der Waals surface area contributed by atoms with E-state index in [9.17, 15) is 13.6 Å². The van der Waals surface area contributed by atoms with Crippen LogP contribution in [-0.2, 0) is 4.79 Å². The van der Waals surface area contributed by atoms with Gasteiger partial charge in [0, 0.05) is 52.1 Å². The molecule has 0 bridgehead atoms. The first-order valence-corrected chi connectivity index (χ1v) is 10.1. The standard InChI is InChI=1S/C22H23F2N5O2.H2/c1-14-9-16(11-19(10-14)31-18-5-7-28(8-6-18)15(2)30)26-22-25-13-29(27-22)17-3-4-20(23)21(24)12-17;/h3-4,9-13,18H,5-8H2,1-2H3,(H,26,27);1H. The van der Waals surface area contributed by atoms with E-state index in [0.29, 0.717) is 24.7 Å². The Morgan fingerprint density at radius 2 is 1.94 bits per heavy atom. The molecule has 0 unspecified atom stereocenters. The lowest BCUT2D eigenvalue weighted by atomic mass is 10.1. The molecule has 0 saturated carbocycles. The van der Waals surface area contributed by atoms with E-state index >= 15 is 0 Å². The van der Waals surface area contributed by atoms with E-state index in [-0.39, 0.29) is 13.4 Å². The predicted molar refractivity (Wildman–Crippen MR) is 114 cm³/mol. The van der Waals surface area contributed by atoms with Crippen molar-refractivity contribution in [3.8, 4) is 11.4 Å². The summed E-state index contributed by atoms with van der Waals surface area (Å²) in [5, 5.41) is 7.39. The van der Waals surface area contributed by atoms with Crippen molar-refractivity contribution in [3.63, 3.8) is 0 Å². The molecule has 1 N–H and O–H groups in total. The summed E-state index contributed by atoms with van der Waals surface area (Å²) < 4.78 is 34.1. The predicted octanol–water partition coefficient (Wildman–Crippen LogP) is 4.23. The zero-order valence-electron chi connectivity index (χ0n) is 17.3. The summed E-state index contributed by atoms with van der Waals surface area (Å²) in [5.74, 6) is -0.728. The second-order valence-corrected chi connectivity index (χ2v) is 7.59. The van der Waals surface area contributed by atoms with Crippen LogP contribution >= 0.6 is 0 Å². The minimum absolute atomic E-state index is 0. The molecule has 4 rings (SSSR count). The fourth-order valence-corrected chi connectivity index (χ4v) is 3.57. The van der Waals surface area contributed by atoms with Gasteiger partial charge in [-0.25, -0.2) is 13.5 Å². The average Bonchev–Trinajstić information content (AvgIpc) is 3.18. The number of aryl methyl sites for hydroxylation is 1. The first-order chi connectivity index (χ1) is 14.9. The van der Waals surface area contributed by atoms with E-state index in [4.69, 9.17) is 4.74 Å². The lowest BCUT2D eigenvalue weighted by Gasteiger charge is -2.31. The fraction of sp³-hybridized carbons (Fsp3) is 0.318. The number of nitrogens with one attached hydrogen (secondary N) is 1. The molecule has 0 spiro atoms. The largest absolute Gasteiger partial charge is 0.490 e. The highest BCUT2D eigenvalue weighted by atomic mass is 19.2. The molecule has 1 aliphatic heterocycles. The summed E-state index contributed by atoms with van der Waals surface area (Å²) in [6.07, 6.45) is 3.05. The van der Waals surface area contributed by atoms with Crippen LogP contribution in [0.5, 0.6) is 5.75 Å². The van der Waals surface area contributed by atoms with Crippen molar-refractivity contribution in [2.75, 3.05) is 18.4 Å². The summed E-state index contributed by atoms with van der Waals surface area (Å²) in [7, 11) is 0. The molecule has 2 heterocycles. The van der Waals surface area contributed by atoms with E-state index in [1.54, 1.807) is 6.92 Å². The molecule has 164 valence electrons. The van der Waals surface area contributed by atoms with Crippen LogP contribution in [0.25, 0.3) is 5.69 Å². The van der Waals surface area contributed by atoms with Gasteiger partial charge in [0.2, 0.25) is 11.9 Å². The normalized spacial score (nSPS) is 14.5. The number of hydrogen-bond donors (Lipinski definition) is 1. The number of likely N-dealkylation sites (tertiary alicyclic amines) is 1. The van der Waals surface area contributed by atoms with Crippen LogP contribution in [0, 0.1) is 18.6 Å². The van der Waals surface area contributed by atoms with Gasteiger partial charge in [-0.2, -0.15) is 4.98 Å². The zero-order chi connectivity index (χ0) is 22.0. The molecule has 1 saturated heterocycles. The number of rotatable bonds is 5. The Kier molecular flexibility index (Phi) is 5.83. The topological polar surface area (TPSA) is 72.3 Å². The minimum atomic E-state index is -0.947. The molecular formula is C22H25F2N5O2. The van der Waals surface area contributed by atoms with Gasteiger partial charge in [-0.3, -0.25) is 4.79 Å². The van der Waals surface area contributed by atoms with Gasteiger partial charge in [0.1, 0.15) is 18.2 Å². The number of carbonyl (C=O) groups excluding carboxylic acids is 1. The number of amides is 1. The SMILES string of the molecule is CC(=O)N1CCC(Oc2cc(C)cc(Nc3ncn(-c4ccc(F)c(F)c4)n3)c2)CC1.[HH]. The Labute approximate surface area is 180 Å². The van der Waals surface area contributed by atoms with Gasteiger partial charge < -0.3 is 15.0 Å². The van der Waals surface area contributed by atoms with Crippen molar-refractivity contribution in [3.05, 3.63) is 59.9 Å². The van der Waals surface area contributed by atoms with E-state index in [1.165, 1.54) is 17.1 Å². The molecule has 3 aromatic rings. The second-order valence-electron chi connectivity index (χ2n) is 7.59. The number of anilines is 2. The maximum atomic E-state index is 13.5. The van der Waals surface area contributed by atoms with Crippen molar-refractivity contribution in [2.24, 2.45) is 0 Å². The van der Waals surface area contributed by atoms with Gasteiger partial charge in [0.05, 0.1) is 5.69 Å². The lowest BCUT2D eigenvalue weighted by Crippen LogP contribution is -2.40.